The van der Waals surface area contributed by atoms with Crippen LogP contribution in [0.5, 0.6) is 0 Å². The van der Waals surface area contributed by atoms with Gasteiger partial charge in [0.15, 0.2) is 5.78 Å². The molecule has 1 heterocycles. The van der Waals surface area contributed by atoms with Crippen LogP contribution in [0.15, 0.2) is 64.2 Å². The predicted molar refractivity (Wildman–Crippen MR) is 108 cm³/mol. The molecule has 1 atom stereocenters. The molecule has 0 radical (unpaired) electrons. The van der Waals surface area contributed by atoms with Crippen molar-refractivity contribution >= 4 is 29.3 Å². The van der Waals surface area contributed by atoms with E-state index in [1.165, 1.54) is 17.3 Å². The van der Waals surface area contributed by atoms with Gasteiger partial charge >= 0.3 is 6.03 Å². The number of hydrogen-bond acceptors (Lipinski definition) is 6. The van der Waals surface area contributed by atoms with Crippen molar-refractivity contribution in [2.24, 2.45) is 5.73 Å². The number of carbonyl (C=O) groups excluding carboxylic acids is 2. The van der Waals surface area contributed by atoms with Gasteiger partial charge in [0, 0.05) is 17.7 Å². The maximum absolute atomic E-state index is 12.3. The lowest BCUT2D eigenvalue weighted by molar-refractivity contribution is 0.102. The molecule has 3 N–H and O–H groups in total. The molecule has 2 amide bonds. The van der Waals surface area contributed by atoms with Crippen LogP contribution in [0.3, 0.4) is 0 Å². The Morgan fingerprint density at radius 1 is 1.11 bits per heavy atom. The second kappa shape index (κ2) is 9.18. The van der Waals surface area contributed by atoms with Crippen molar-refractivity contribution in [2.75, 3.05) is 11.1 Å². The first-order valence-electron chi connectivity index (χ1n) is 8.71. The van der Waals surface area contributed by atoms with Gasteiger partial charge in [-0.15, -0.1) is 10.2 Å². The minimum Gasteiger partial charge on any atom is -0.416 e. The largest absolute Gasteiger partial charge is 0.416 e. The Bertz CT molecular complexity index is 942. The number of hydrogen-bond donors (Lipinski definition) is 2. The third kappa shape index (κ3) is 5.43. The predicted octanol–water partition coefficient (Wildman–Crippen LogP) is 3.88. The van der Waals surface area contributed by atoms with Crippen molar-refractivity contribution in [2.45, 2.75) is 24.5 Å². The van der Waals surface area contributed by atoms with E-state index in [1.54, 1.807) is 24.3 Å². The molecule has 0 saturated heterocycles. The summed E-state index contributed by atoms with van der Waals surface area (Å²) in [5, 5.41) is 10.9. The topological polar surface area (TPSA) is 111 Å². The molecule has 7 nitrogen and oxygen atoms in total. The maximum Gasteiger partial charge on any atom is 0.316 e. The number of primary amides is 1. The summed E-state index contributed by atoms with van der Waals surface area (Å²) < 4.78 is 5.65. The Labute approximate surface area is 166 Å². The molecular formula is C20H20N4O3S. The molecule has 1 unspecified atom stereocenters. The molecule has 0 fully saturated rings. The summed E-state index contributed by atoms with van der Waals surface area (Å²) in [5.74, 6) is 0.910. The lowest BCUT2D eigenvalue weighted by Gasteiger charge is -2.08. The number of benzene rings is 2. The van der Waals surface area contributed by atoms with Crippen LogP contribution in [0.4, 0.5) is 10.5 Å². The van der Waals surface area contributed by atoms with Crippen LogP contribution >= 0.6 is 11.8 Å². The highest BCUT2D eigenvalue weighted by atomic mass is 32.2. The van der Waals surface area contributed by atoms with Gasteiger partial charge in [-0.2, -0.15) is 0 Å². The van der Waals surface area contributed by atoms with Crippen molar-refractivity contribution < 1.29 is 14.0 Å². The van der Waals surface area contributed by atoms with E-state index in [1.807, 2.05) is 18.2 Å². The summed E-state index contributed by atoms with van der Waals surface area (Å²) in [5.41, 5.74) is 7.32. The van der Waals surface area contributed by atoms with Gasteiger partial charge in [-0.1, -0.05) is 49.0 Å². The van der Waals surface area contributed by atoms with Gasteiger partial charge in [0.2, 0.25) is 5.89 Å². The van der Waals surface area contributed by atoms with Gasteiger partial charge < -0.3 is 15.5 Å². The molecule has 0 aliphatic carbocycles. The van der Waals surface area contributed by atoms with Gasteiger partial charge in [-0.05, 0) is 35.7 Å². The number of carbonyl (C=O) groups is 2. The van der Waals surface area contributed by atoms with Gasteiger partial charge in [0.05, 0.1) is 5.75 Å². The quantitative estimate of drug-likeness (QED) is 0.441. The molecular weight excluding hydrogens is 376 g/mol. The van der Waals surface area contributed by atoms with Crippen LogP contribution in [0.25, 0.3) is 0 Å². The number of Topliss-reactive ketones (excluding diaryl/α,β-unsaturated/α-hetero) is 1. The second-order valence-corrected chi connectivity index (χ2v) is 7.18. The molecule has 0 bridgehead atoms. The van der Waals surface area contributed by atoms with Crippen LogP contribution < -0.4 is 11.1 Å². The summed E-state index contributed by atoms with van der Waals surface area (Å²) in [4.78, 5) is 23.1. The van der Waals surface area contributed by atoms with Crippen LogP contribution in [0.1, 0.15) is 34.7 Å². The van der Waals surface area contributed by atoms with E-state index in [-0.39, 0.29) is 17.5 Å². The first-order valence-corrected chi connectivity index (χ1v) is 9.69. The standard InChI is InChI=1S/C20H20N4O3S/c1-13(14-5-3-2-4-6-14)11-18-23-24-20(27-18)28-12-17(25)15-7-9-16(10-8-15)22-19(21)26/h2-10,13H,11-12H2,1H3,(H3,21,22,26). The van der Waals surface area contributed by atoms with Crippen LogP contribution in [-0.2, 0) is 6.42 Å². The van der Waals surface area contributed by atoms with Gasteiger partial charge in [-0.3, -0.25) is 4.79 Å². The molecule has 8 heteroatoms. The number of nitrogens with one attached hydrogen (secondary N) is 1. The highest BCUT2D eigenvalue weighted by molar-refractivity contribution is 7.99. The van der Waals surface area contributed by atoms with Gasteiger partial charge in [-0.25, -0.2) is 4.79 Å². The van der Waals surface area contributed by atoms with Crippen molar-refractivity contribution in [3.63, 3.8) is 0 Å². The molecule has 0 aliphatic rings. The minimum atomic E-state index is -0.650. The number of amides is 2. The van der Waals surface area contributed by atoms with Crippen LogP contribution in [0.2, 0.25) is 0 Å². The Morgan fingerprint density at radius 3 is 2.50 bits per heavy atom. The van der Waals surface area contributed by atoms with Gasteiger partial charge in [0.25, 0.3) is 5.22 Å². The number of anilines is 1. The molecule has 2 aromatic carbocycles. The fourth-order valence-corrected chi connectivity index (χ4v) is 3.31. The third-order valence-electron chi connectivity index (χ3n) is 4.10. The lowest BCUT2D eigenvalue weighted by atomic mass is 9.98. The maximum atomic E-state index is 12.3. The second-order valence-electron chi connectivity index (χ2n) is 6.26. The summed E-state index contributed by atoms with van der Waals surface area (Å²) in [7, 11) is 0. The molecule has 3 aromatic rings. The average Bonchev–Trinajstić information content (AvgIpc) is 3.14. The molecule has 0 spiro atoms. The third-order valence-corrected chi connectivity index (χ3v) is 4.92. The molecule has 28 heavy (non-hydrogen) atoms. The zero-order valence-electron chi connectivity index (χ0n) is 15.3. The normalized spacial score (nSPS) is 11.8. The average molecular weight is 396 g/mol. The number of rotatable bonds is 8. The number of aromatic nitrogens is 2. The summed E-state index contributed by atoms with van der Waals surface area (Å²) in [6, 6.07) is 16.0. The Morgan fingerprint density at radius 2 is 1.82 bits per heavy atom. The van der Waals surface area contributed by atoms with E-state index < -0.39 is 6.03 Å². The van der Waals surface area contributed by atoms with Crippen molar-refractivity contribution in [3.05, 3.63) is 71.6 Å². The van der Waals surface area contributed by atoms with Gasteiger partial charge in [0.1, 0.15) is 0 Å². The molecule has 0 aliphatic heterocycles. The first kappa shape index (κ1) is 19.6. The Hall–Kier alpha value is -3.13. The highest BCUT2D eigenvalue weighted by Gasteiger charge is 2.14. The molecule has 144 valence electrons. The zero-order valence-corrected chi connectivity index (χ0v) is 16.1. The van der Waals surface area contributed by atoms with Crippen LogP contribution in [0, 0.1) is 0 Å². The Balaban J connectivity index is 1.52. The number of nitrogens with two attached hydrogens (primary N) is 1. The number of ketones is 1. The van der Waals surface area contributed by atoms with E-state index in [4.69, 9.17) is 10.2 Å². The van der Waals surface area contributed by atoms with Crippen molar-refractivity contribution in [1.82, 2.24) is 10.2 Å². The van der Waals surface area contributed by atoms with Crippen LogP contribution in [-0.4, -0.2) is 27.8 Å². The molecule has 1 aromatic heterocycles. The Kier molecular flexibility index (Phi) is 6.44. The smallest absolute Gasteiger partial charge is 0.316 e. The SMILES string of the molecule is CC(Cc1nnc(SCC(=O)c2ccc(NC(N)=O)cc2)o1)c1ccccc1. The fourth-order valence-electron chi connectivity index (χ4n) is 2.63. The highest BCUT2D eigenvalue weighted by Crippen LogP contribution is 2.23. The van der Waals surface area contributed by atoms with Crippen molar-refractivity contribution in [3.8, 4) is 0 Å². The van der Waals surface area contributed by atoms with Crippen molar-refractivity contribution in [1.29, 1.82) is 0 Å². The summed E-state index contributed by atoms with van der Waals surface area (Å²) in [6.07, 6.45) is 0.639. The minimum absolute atomic E-state index is 0.0759. The van der Waals surface area contributed by atoms with E-state index in [0.29, 0.717) is 28.8 Å². The first-order chi connectivity index (χ1) is 13.5. The number of urea groups is 1. The van der Waals surface area contributed by atoms with E-state index in [0.717, 1.165) is 0 Å². The van der Waals surface area contributed by atoms with E-state index in [2.05, 4.69) is 34.6 Å². The van der Waals surface area contributed by atoms with E-state index >= 15 is 0 Å². The molecule has 0 saturated carbocycles. The lowest BCUT2D eigenvalue weighted by Crippen LogP contribution is -2.19. The summed E-state index contributed by atoms with van der Waals surface area (Å²) in [6.45, 7) is 2.10. The number of nitrogens with zero attached hydrogens (tertiary/aromatic N) is 2. The molecule has 3 rings (SSSR count). The van der Waals surface area contributed by atoms with E-state index in [9.17, 15) is 9.59 Å². The fraction of sp³-hybridized carbons (Fsp3) is 0.200. The monoisotopic (exact) mass is 396 g/mol. The number of thioether (sulfide) groups is 1. The zero-order chi connectivity index (χ0) is 19.9. The summed E-state index contributed by atoms with van der Waals surface area (Å²) >= 11 is 1.20.